The van der Waals surface area contributed by atoms with Gasteiger partial charge in [-0.15, -0.1) is 0 Å². The first kappa shape index (κ1) is 13.6. The van der Waals surface area contributed by atoms with Gasteiger partial charge < -0.3 is 14.8 Å². The van der Waals surface area contributed by atoms with Gasteiger partial charge in [0.1, 0.15) is 0 Å². The van der Waals surface area contributed by atoms with Crippen LogP contribution in [0.4, 0.5) is 0 Å². The molecule has 0 aromatic heterocycles. The first-order chi connectivity index (χ1) is 9.00. The largest absolute Gasteiger partial charge is 0.768 e. The van der Waals surface area contributed by atoms with Crippen molar-refractivity contribution in [2.24, 2.45) is 0 Å². The third-order valence-corrected chi connectivity index (χ3v) is 3.80. The van der Waals surface area contributed by atoms with E-state index in [0.29, 0.717) is 5.56 Å². The van der Waals surface area contributed by atoms with Crippen LogP contribution in [-0.2, 0) is 11.1 Å². The second kappa shape index (κ2) is 5.42. The van der Waals surface area contributed by atoms with Gasteiger partial charge in [-0.25, -0.2) is 0 Å². The molecule has 0 heterocycles. The van der Waals surface area contributed by atoms with Crippen LogP contribution in [0.5, 0.6) is 11.5 Å². The fourth-order valence-electron chi connectivity index (χ4n) is 1.98. The second-order valence-corrected chi connectivity index (χ2v) is 5.15. The van der Waals surface area contributed by atoms with Crippen molar-refractivity contribution in [3.05, 3.63) is 53.6 Å². The lowest BCUT2D eigenvalue weighted by atomic mass is 9.93. The quantitative estimate of drug-likeness (QED) is 0.667. The first-order valence-electron chi connectivity index (χ1n) is 5.70. The Kier molecular flexibility index (Phi) is 3.87. The lowest BCUT2D eigenvalue weighted by Gasteiger charge is -2.18. The number of hydrogen-bond donors (Lipinski definition) is 2. The van der Waals surface area contributed by atoms with Gasteiger partial charge in [-0.05, 0) is 40.4 Å². The molecule has 2 rings (SSSR count). The van der Waals surface area contributed by atoms with Crippen molar-refractivity contribution >= 4 is 11.1 Å². The Balaban J connectivity index is 2.46. The second-order valence-electron chi connectivity index (χ2n) is 4.24. The Labute approximate surface area is 113 Å². The van der Waals surface area contributed by atoms with Gasteiger partial charge in [-0.2, -0.15) is 0 Å². The van der Waals surface area contributed by atoms with E-state index >= 15 is 0 Å². The van der Waals surface area contributed by atoms with Crippen LogP contribution in [0.15, 0.2) is 47.4 Å². The molecule has 2 aromatic carbocycles. The third-order valence-electron chi connectivity index (χ3n) is 3.06. The Morgan fingerprint density at radius 3 is 2.42 bits per heavy atom. The molecule has 19 heavy (non-hydrogen) atoms. The molecule has 0 saturated heterocycles. The van der Waals surface area contributed by atoms with Crippen molar-refractivity contribution in [2.75, 3.05) is 0 Å². The first-order valence-corrected chi connectivity index (χ1v) is 6.78. The van der Waals surface area contributed by atoms with E-state index in [1.807, 2.05) is 6.92 Å². The van der Waals surface area contributed by atoms with Gasteiger partial charge in [0.25, 0.3) is 0 Å². The normalized spacial score (nSPS) is 14.0. The van der Waals surface area contributed by atoms with Crippen molar-refractivity contribution in [3.63, 3.8) is 0 Å². The van der Waals surface area contributed by atoms with Crippen LogP contribution in [0.1, 0.15) is 24.0 Å². The number of benzene rings is 2. The molecule has 0 spiro atoms. The van der Waals surface area contributed by atoms with Crippen molar-refractivity contribution < 1.29 is 19.0 Å². The van der Waals surface area contributed by atoms with Crippen LogP contribution in [0.3, 0.4) is 0 Å². The van der Waals surface area contributed by atoms with Gasteiger partial charge in [-0.1, -0.05) is 31.2 Å². The van der Waals surface area contributed by atoms with Crippen LogP contribution in [-0.4, -0.2) is 19.0 Å². The minimum absolute atomic E-state index is 0.198. The van der Waals surface area contributed by atoms with Gasteiger partial charge in [-0.3, -0.25) is 4.21 Å². The lowest BCUT2D eigenvalue weighted by molar-refractivity contribution is 0.403. The van der Waals surface area contributed by atoms with Crippen molar-refractivity contribution in [1.82, 2.24) is 0 Å². The van der Waals surface area contributed by atoms with Crippen LogP contribution in [0, 0.1) is 0 Å². The van der Waals surface area contributed by atoms with E-state index in [0.717, 1.165) is 5.56 Å². The number of hydrogen-bond acceptors (Lipinski definition) is 4. The minimum atomic E-state index is -2.31. The van der Waals surface area contributed by atoms with E-state index in [2.05, 4.69) is 0 Å². The zero-order valence-electron chi connectivity index (χ0n) is 10.2. The number of phenolic OH excluding ortho intramolecular Hbond substituents is 2. The number of phenols is 2. The minimum Gasteiger partial charge on any atom is -0.768 e. The maximum atomic E-state index is 11.2. The van der Waals surface area contributed by atoms with Crippen LogP contribution in [0.25, 0.3) is 0 Å². The topological polar surface area (TPSA) is 80.6 Å². The maximum Gasteiger partial charge on any atom is 0.157 e. The zero-order valence-corrected chi connectivity index (χ0v) is 11.1. The molecule has 0 aliphatic carbocycles. The Bertz CT molecular complexity index is 625. The van der Waals surface area contributed by atoms with E-state index in [9.17, 15) is 19.0 Å². The average molecular weight is 277 g/mol. The summed E-state index contributed by atoms with van der Waals surface area (Å²) in [6.45, 7) is 1.84. The molecule has 2 N–H and O–H groups in total. The Hall–Kier alpha value is -1.85. The van der Waals surface area contributed by atoms with E-state index in [1.54, 1.807) is 24.3 Å². The summed E-state index contributed by atoms with van der Waals surface area (Å²) >= 11 is -2.31. The molecule has 5 heteroatoms. The van der Waals surface area contributed by atoms with Crippen molar-refractivity contribution in [2.45, 2.75) is 17.7 Å². The fraction of sp³-hybridized carbons (Fsp3) is 0.143. The van der Waals surface area contributed by atoms with Crippen LogP contribution >= 0.6 is 0 Å². The third kappa shape index (κ3) is 2.77. The van der Waals surface area contributed by atoms with E-state index in [1.165, 1.54) is 18.2 Å². The van der Waals surface area contributed by atoms with Gasteiger partial charge in [0.15, 0.2) is 11.5 Å². The predicted octanol–water partition coefficient (Wildman–Crippen LogP) is 2.49. The predicted molar refractivity (Wildman–Crippen MR) is 70.9 cm³/mol. The standard InChI is InChI=1S/C14H14O4S/c1-9(10-6-7-12(15)13(16)8-10)11-4-2-3-5-14(11)19(17)18/h2-9,15-16H,1H3,(H,17,18)/p-1. The molecule has 0 aliphatic heterocycles. The highest BCUT2D eigenvalue weighted by molar-refractivity contribution is 7.79. The summed E-state index contributed by atoms with van der Waals surface area (Å²) in [5, 5.41) is 18.8. The zero-order chi connectivity index (χ0) is 14.0. The molecule has 0 fully saturated rings. The summed E-state index contributed by atoms with van der Waals surface area (Å²) in [4.78, 5) is 0.238. The lowest BCUT2D eigenvalue weighted by Crippen LogP contribution is -2.02. The van der Waals surface area contributed by atoms with Gasteiger partial charge in [0.05, 0.1) is 0 Å². The molecule has 0 saturated carbocycles. The maximum absolute atomic E-state index is 11.2. The number of rotatable bonds is 3. The molecule has 4 nitrogen and oxygen atoms in total. The summed E-state index contributed by atoms with van der Waals surface area (Å²) in [7, 11) is 0. The molecule has 2 atom stereocenters. The molecule has 2 aromatic rings. The Morgan fingerprint density at radius 1 is 1.11 bits per heavy atom. The highest BCUT2D eigenvalue weighted by atomic mass is 32.2. The number of aromatic hydroxyl groups is 2. The molecular formula is C14H13O4S-. The van der Waals surface area contributed by atoms with E-state index < -0.39 is 11.1 Å². The van der Waals surface area contributed by atoms with Crippen LogP contribution in [0.2, 0.25) is 0 Å². The highest BCUT2D eigenvalue weighted by Gasteiger charge is 2.14. The summed E-state index contributed by atoms with van der Waals surface area (Å²) < 4.78 is 22.4. The summed E-state index contributed by atoms with van der Waals surface area (Å²) in [5.41, 5.74) is 1.38. The smallest absolute Gasteiger partial charge is 0.157 e. The Morgan fingerprint density at radius 2 is 1.79 bits per heavy atom. The SMILES string of the molecule is CC(c1ccc(O)c(O)c1)c1ccccc1S(=O)[O-]. The molecule has 2 unspecified atom stereocenters. The van der Waals surface area contributed by atoms with Gasteiger partial charge in [0.2, 0.25) is 0 Å². The summed E-state index contributed by atoms with van der Waals surface area (Å²) in [6, 6.07) is 11.2. The average Bonchev–Trinajstić information content (AvgIpc) is 2.41. The molecule has 0 amide bonds. The fourth-order valence-corrected chi connectivity index (χ4v) is 2.61. The van der Waals surface area contributed by atoms with Crippen molar-refractivity contribution in [1.29, 1.82) is 0 Å². The molecule has 0 aliphatic rings. The van der Waals surface area contributed by atoms with Gasteiger partial charge >= 0.3 is 0 Å². The molecule has 100 valence electrons. The van der Waals surface area contributed by atoms with Gasteiger partial charge in [0, 0.05) is 10.8 Å². The highest BCUT2D eigenvalue weighted by Crippen LogP contribution is 2.33. The molecular weight excluding hydrogens is 264 g/mol. The summed E-state index contributed by atoms with van der Waals surface area (Å²) in [6.07, 6.45) is 0. The van der Waals surface area contributed by atoms with E-state index in [-0.39, 0.29) is 22.3 Å². The monoisotopic (exact) mass is 277 g/mol. The molecule has 0 bridgehead atoms. The molecule has 0 radical (unpaired) electrons. The van der Waals surface area contributed by atoms with Crippen LogP contribution < -0.4 is 0 Å². The van der Waals surface area contributed by atoms with Crippen molar-refractivity contribution in [3.8, 4) is 11.5 Å². The van der Waals surface area contributed by atoms with E-state index in [4.69, 9.17) is 0 Å². The summed E-state index contributed by atoms with van der Waals surface area (Å²) in [5.74, 6) is -0.623.